The third-order valence-electron chi connectivity index (χ3n) is 4.74. The molecule has 2 rings (SSSR count). The van der Waals surface area contributed by atoms with Crippen LogP contribution in [0.15, 0.2) is 6.07 Å². The van der Waals surface area contributed by atoms with Crippen LogP contribution in [0, 0.1) is 13.8 Å². The quantitative estimate of drug-likeness (QED) is 0.819. The monoisotopic (exact) mass is 305 g/mol. The molecule has 1 aliphatic rings. The van der Waals surface area contributed by atoms with Gasteiger partial charge < -0.3 is 14.8 Å². The predicted molar refractivity (Wildman–Crippen MR) is 91.5 cm³/mol. The van der Waals surface area contributed by atoms with Crippen molar-refractivity contribution in [2.45, 2.75) is 58.4 Å². The fourth-order valence-corrected chi connectivity index (χ4v) is 3.60. The Morgan fingerprint density at radius 2 is 1.95 bits per heavy atom. The van der Waals surface area contributed by atoms with E-state index in [-0.39, 0.29) is 5.91 Å². The van der Waals surface area contributed by atoms with E-state index in [0.29, 0.717) is 6.04 Å². The normalized spacial score (nSPS) is 16.2. The summed E-state index contributed by atoms with van der Waals surface area (Å²) in [6.45, 7) is 5.96. The van der Waals surface area contributed by atoms with Crippen LogP contribution in [0.4, 0.5) is 0 Å². The van der Waals surface area contributed by atoms with Crippen molar-refractivity contribution in [3.05, 3.63) is 23.0 Å². The Morgan fingerprint density at radius 3 is 2.59 bits per heavy atom. The summed E-state index contributed by atoms with van der Waals surface area (Å²) in [7, 11) is 4.11. The average molecular weight is 305 g/mol. The fraction of sp³-hybridized carbons (Fsp3) is 0.722. The van der Waals surface area contributed by atoms with Crippen LogP contribution in [0.2, 0.25) is 0 Å². The number of carbonyl (C=O) groups is 1. The van der Waals surface area contributed by atoms with Crippen molar-refractivity contribution < 1.29 is 4.79 Å². The van der Waals surface area contributed by atoms with Crippen molar-refractivity contribution >= 4 is 5.91 Å². The number of hydrogen-bond donors (Lipinski definition) is 1. The molecule has 0 bridgehead atoms. The maximum Gasteiger partial charge on any atom is 0.253 e. The first kappa shape index (κ1) is 17.1. The van der Waals surface area contributed by atoms with Crippen LogP contribution in [-0.2, 0) is 0 Å². The van der Waals surface area contributed by atoms with Gasteiger partial charge in [0.2, 0.25) is 0 Å². The number of rotatable bonds is 6. The van der Waals surface area contributed by atoms with E-state index in [4.69, 9.17) is 0 Å². The molecule has 1 amide bonds. The van der Waals surface area contributed by atoms with E-state index >= 15 is 0 Å². The van der Waals surface area contributed by atoms with E-state index in [1.165, 1.54) is 37.8 Å². The summed E-state index contributed by atoms with van der Waals surface area (Å²) in [5.74, 6) is 0.0777. The minimum absolute atomic E-state index is 0.0777. The van der Waals surface area contributed by atoms with Crippen molar-refractivity contribution in [3.63, 3.8) is 0 Å². The van der Waals surface area contributed by atoms with Crippen molar-refractivity contribution in [1.29, 1.82) is 0 Å². The van der Waals surface area contributed by atoms with Crippen LogP contribution in [0.5, 0.6) is 0 Å². The Bertz CT molecular complexity index is 499. The van der Waals surface area contributed by atoms with Crippen LogP contribution >= 0.6 is 0 Å². The second-order valence-corrected chi connectivity index (χ2v) is 6.86. The van der Waals surface area contributed by atoms with Crippen molar-refractivity contribution in [2.24, 2.45) is 0 Å². The Balaban J connectivity index is 2.00. The summed E-state index contributed by atoms with van der Waals surface area (Å²) in [6.07, 6.45) is 7.47. The van der Waals surface area contributed by atoms with Gasteiger partial charge in [0.25, 0.3) is 5.91 Å². The molecule has 1 heterocycles. The fourth-order valence-electron chi connectivity index (χ4n) is 3.60. The summed E-state index contributed by atoms with van der Waals surface area (Å²) in [5, 5.41) is 3.06. The number of amides is 1. The molecule has 1 aromatic heterocycles. The van der Waals surface area contributed by atoms with E-state index < -0.39 is 0 Å². The van der Waals surface area contributed by atoms with Gasteiger partial charge in [-0.05, 0) is 59.8 Å². The van der Waals surface area contributed by atoms with E-state index in [9.17, 15) is 4.79 Å². The Morgan fingerprint density at radius 1 is 1.27 bits per heavy atom. The zero-order valence-corrected chi connectivity index (χ0v) is 14.6. The highest BCUT2D eigenvalue weighted by Gasteiger charge is 2.22. The minimum Gasteiger partial charge on any atom is -0.352 e. The largest absolute Gasteiger partial charge is 0.352 e. The number of nitrogens with zero attached hydrogens (tertiary/aromatic N) is 2. The van der Waals surface area contributed by atoms with Crippen LogP contribution in [0.25, 0.3) is 0 Å². The maximum absolute atomic E-state index is 12.4. The topological polar surface area (TPSA) is 37.3 Å². The molecule has 0 aromatic carbocycles. The zero-order valence-electron chi connectivity index (χ0n) is 14.6. The smallest absolute Gasteiger partial charge is 0.253 e. The molecule has 1 N–H and O–H groups in total. The summed E-state index contributed by atoms with van der Waals surface area (Å²) in [6, 6.07) is 2.65. The Kier molecular flexibility index (Phi) is 6.07. The second kappa shape index (κ2) is 7.82. The first-order chi connectivity index (χ1) is 10.5. The first-order valence-corrected chi connectivity index (χ1v) is 8.62. The Labute approximate surface area is 134 Å². The molecule has 4 nitrogen and oxygen atoms in total. The number of hydrogen-bond acceptors (Lipinski definition) is 2. The van der Waals surface area contributed by atoms with Crippen LogP contribution < -0.4 is 5.32 Å². The molecule has 0 unspecified atom stereocenters. The van der Waals surface area contributed by atoms with Gasteiger partial charge >= 0.3 is 0 Å². The molecule has 22 heavy (non-hydrogen) atoms. The van der Waals surface area contributed by atoms with Crippen molar-refractivity contribution in [2.75, 3.05) is 27.2 Å². The third kappa shape index (κ3) is 4.13. The zero-order chi connectivity index (χ0) is 16.1. The molecular weight excluding hydrogens is 274 g/mol. The predicted octanol–water partition coefficient (Wildman–Crippen LogP) is 3.29. The van der Waals surface area contributed by atoms with E-state index in [1.54, 1.807) is 0 Å². The molecule has 124 valence electrons. The van der Waals surface area contributed by atoms with Crippen LogP contribution in [0.1, 0.15) is 66.3 Å². The van der Waals surface area contributed by atoms with E-state index in [1.807, 2.05) is 0 Å². The van der Waals surface area contributed by atoms with Gasteiger partial charge in [0, 0.05) is 24.0 Å². The van der Waals surface area contributed by atoms with Gasteiger partial charge in [-0.2, -0.15) is 0 Å². The SMILES string of the molecule is Cc1cc(C(=O)NCCCN(C)C)c(C)n1C1CCCCC1. The summed E-state index contributed by atoms with van der Waals surface area (Å²) in [4.78, 5) is 14.6. The first-order valence-electron chi connectivity index (χ1n) is 8.62. The van der Waals surface area contributed by atoms with Gasteiger partial charge in [0.05, 0.1) is 5.56 Å². The lowest BCUT2D eigenvalue weighted by Crippen LogP contribution is -2.27. The van der Waals surface area contributed by atoms with Gasteiger partial charge in [-0.3, -0.25) is 4.79 Å². The molecule has 1 aromatic rings. The number of aromatic nitrogens is 1. The molecule has 4 heteroatoms. The van der Waals surface area contributed by atoms with Gasteiger partial charge in [-0.1, -0.05) is 19.3 Å². The average Bonchev–Trinajstić information content (AvgIpc) is 2.79. The lowest BCUT2D eigenvalue weighted by molar-refractivity contribution is 0.0951. The molecule has 1 saturated carbocycles. The summed E-state index contributed by atoms with van der Waals surface area (Å²) >= 11 is 0. The lowest BCUT2D eigenvalue weighted by atomic mass is 9.95. The number of carbonyl (C=O) groups excluding carboxylic acids is 1. The summed E-state index contributed by atoms with van der Waals surface area (Å²) in [5.41, 5.74) is 3.21. The second-order valence-electron chi connectivity index (χ2n) is 6.86. The Hall–Kier alpha value is -1.29. The highest BCUT2D eigenvalue weighted by molar-refractivity contribution is 5.95. The summed E-state index contributed by atoms with van der Waals surface area (Å²) < 4.78 is 2.40. The highest BCUT2D eigenvalue weighted by Crippen LogP contribution is 2.32. The third-order valence-corrected chi connectivity index (χ3v) is 4.74. The minimum atomic E-state index is 0.0777. The van der Waals surface area contributed by atoms with Crippen LogP contribution in [-0.4, -0.2) is 42.6 Å². The van der Waals surface area contributed by atoms with Gasteiger partial charge in [0.1, 0.15) is 0 Å². The molecule has 0 saturated heterocycles. The molecule has 0 radical (unpaired) electrons. The number of aryl methyl sites for hydroxylation is 1. The molecule has 1 fully saturated rings. The van der Waals surface area contributed by atoms with Crippen LogP contribution in [0.3, 0.4) is 0 Å². The molecule has 0 atom stereocenters. The van der Waals surface area contributed by atoms with Gasteiger partial charge in [-0.15, -0.1) is 0 Å². The molecule has 1 aliphatic carbocycles. The van der Waals surface area contributed by atoms with Crippen molar-refractivity contribution in [1.82, 2.24) is 14.8 Å². The molecule has 0 spiro atoms. The lowest BCUT2D eigenvalue weighted by Gasteiger charge is -2.26. The maximum atomic E-state index is 12.4. The standard InChI is InChI=1S/C18H31N3O/c1-14-13-17(18(22)19-11-8-12-20(3)4)15(2)21(14)16-9-6-5-7-10-16/h13,16H,5-12H2,1-4H3,(H,19,22). The van der Waals surface area contributed by atoms with E-state index in [2.05, 4.69) is 48.8 Å². The van der Waals surface area contributed by atoms with Crippen molar-refractivity contribution in [3.8, 4) is 0 Å². The van der Waals surface area contributed by atoms with E-state index in [0.717, 1.165) is 30.8 Å². The van der Waals surface area contributed by atoms with Gasteiger partial charge in [0.15, 0.2) is 0 Å². The van der Waals surface area contributed by atoms with Gasteiger partial charge in [-0.25, -0.2) is 0 Å². The molecule has 0 aliphatic heterocycles. The molecular formula is C18H31N3O. The number of nitrogens with one attached hydrogen (secondary N) is 1. The highest BCUT2D eigenvalue weighted by atomic mass is 16.1.